The second-order valence-electron chi connectivity index (χ2n) is 5.05. The van der Waals surface area contributed by atoms with Crippen LogP contribution < -0.4 is 10.5 Å². The molecule has 6 nitrogen and oxygen atoms in total. The smallest absolute Gasteiger partial charge is 0.215 e. The molecule has 3 rings (SSSR count). The first-order chi connectivity index (χ1) is 9.19. The van der Waals surface area contributed by atoms with E-state index >= 15 is 0 Å². The van der Waals surface area contributed by atoms with Gasteiger partial charge in [0.25, 0.3) is 0 Å². The molecule has 0 radical (unpaired) electrons. The summed E-state index contributed by atoms with van der Waals surface area (Å²) in [6, 6.07) is 4.21. The molecule has 1 fully saturated rings. The molecular formula is C13H19N5O. The van der Waals surface area contributed by atoms with Gasteiger partial charge in [0.05, 0.1) is 7.11 Å². The number of likely N-dealkylation sites (tertiary alicyclic amines) is 1. The molecule has 1 aliphatic rings. The third-order valence-electron chi connectivity index (χ3n) is 3.87. The summed E-state index contributed by atoms with van der Waals surface area (Å²) in [5.74, 6) is 1.12. The van der Waals surface area contributed by atoms with Crippen molar-refractivity contribution in [2.24, 2.45) is 0 Å². The molecule has 0 saturated carbocycles. The lowest BCUT2D eigenvalue weighted by atomic mass is 10.2. The summed E-state index contributed by atoms with van der Waals surface area (Å²) in [4.78, 5) is 11.2. The molecule has 1 aliphatic heterocycles. The van der Waals surface area contributed by atoms with Crippen molar-refractivity contribution in [2.75, 3.05) is 26.4 Å². The van der Waals surface area contributed by atoms with E-state index in [0.29, 0.717) is 17.9 Å². The van der Waals surface area contributed by atoms with Crippen LogP contribution in [0.5, 0.6) is 5.88 Å². The zero-order valence-corrected chi connectivity index (χ0v) is 11.3. The van der Waals surface area contributed by atoms with Crippen molar-refractivity contribution in [3.8, 4) is 5.88 Å². The van der Waals surface area contributed by atoms with E-state index in [2.05, 4.69) is 21.9 Å². The average Bonchev–Trinajstić information content (AvgIpc) is 2.94. The number of hydrogen-bond acceptors (Lipinski definition) is 5. The summed E-state index contributed by atoms with van der Waals surface area (Å²) in [6.07, 6.45) is 2.43. The van der Waals surface area contributed by atoms with Gasteiger partial charge in [0.2, 0.25) is 11.8 Å². The molecule has 2 N–H and O–H groups in total. The first-order valence-electron chi connectivity index (χ1n) is 6.56. The zero-order valence-electron chi connectivity index (χ0n) is 11.3. The Morgan fingerprint density at radius 3 is 2.95 bits per heavy atom. The number of fused-ring (bicyclic) bond motifs is 1. The number of anilines is 1. The van der Waals surface area contributed by atoms with Crippen molar-refractivity contribution >= 4 is 17.1 Å². The second-order valence-corrected chi connectivity index (χ2v) is 5.05. The quantitative estimate of drug-likeness (QED) is 0.896. The van der Waals surface area contributed by atoms with Crippen molar-refractivity contribution in [2.45, 2.75) is 25.4 Å². The van der Waals surface area contributed by atoms with E-state index < -0.39 is 0 Å². The van der Waals surface area contributed by atoms with Crippen molar-refractivity contribution in [3.63, 3.8) is 0 Å². The molecule has 6 heteroatoms. The second kappa shape index (κ2) is 4.70. The SMILES string of the molecule is COc1ccc2nc(N)n(CC3CCCN3C)c2n1. The Kier molecular flexibility index (Phi) is 3.02. The minimum absolute atomic E-state index is 0.507. The van der Waals surface area contributed by atoms with Crippen LogP contribution in [-0.2, 0) is 6.54 Å². The predicted octanol–water partition coefficient (Wildman–Crippen LogP) is 1.12. The Hall–Kier alpha value is -1.82. The summed E-state index contributed by atoms with van der Waals surface area (Å²) < 4.78 is 7.16. The van der Waals surface area contributed by atoms with E-state index in [-0.39, 0.29) is 0 Å². The molecule has 19 heavy (non-hydrogen) atoms. The normalized spacial score (nSPS) is 20.2. The lowest BCUT2D eigenvalue weighted by Crippen LogP contribution is -2.29. The third-order valence-corrected chi connectivity index (χ3v) is 3.87. The molecule has 0 aliphatic carbocycles. The Bertz CT molecular complexity index is 594. The standard InChI is InChI=1S/C13H19N5O/c1-17-7-3-4-9(17)8-18-12-10(15-13(18)14)5-6-11(16-12)19-2/h5-6,9H,3-4,7-8H2,1-2H3,(H2,14,15). The van der Waals surface area contributed by atoms with Crippen LogP contribution in [0.1, 0.15) is 12.8 Å². The van der Waals surface area contributed by atoms with E-state index in [9.17, 15) is 0 Å². The maximum atomic E-state index is 6.02. The lowest BCUT2D eigenvalue weighted by molar-refractivity contribution is 0.285. The van der Waals surface area contributed by atoms with E-state index in [4.69, 9.17) is 10.5 Å². The van der Waals surface area contributed by atoms with Crippen LogP contribution in [0.2, 0.25) is 0 Å². The summed E-state index contributed by atoms with van der Waals surface area (Å²) in [6.45, 7) is 1.98. The van der Waals surface area contributed by atoms with Crippen molar-refractivity contribution < 1.29 is 4.74 Å². The number of hydrogen-bond donors (Lipinski definition) is 1. The highest BCUT2D eigenvalue weighted by Gasteiger charge is 2.23. The van der Waals surface area contributed by atoms with Gasteiger partial charge in [-0.1, -0.05) is 0 Å². The molecule has 1 unspecified atom stereocenters. The number of pyridine rings is 1. The Morgan fingerprint density at radius 1 is 1.42 bits per heavy atom. The Morgan fingerprint density at radius 2 is 2.26 bits per heavy atom. The van der Waals surface area contributed by atoms with Crippen LogP contribution in [-0.4, -0.2) is 46.2 Å². The number of nitrogen functional groups attached to an aromatic ring is 1. The monoisotopic (exact) mass is 261 g/mol. The van der Waals surface area contributed by atoms with Crippen LogP contribution in [0.3, 0.4) is 0 Å². The number of ether oxygens (including phenoxy) is 1. The summed E-state index contributed by atoms with van der Waals surface area (Å²) in [7, 11) is 3.77. The predicted molar refractivity (Wildman–Crippen MR) is 74.1 cm³/mol. The van der Waals surface area contributed by atoms with Gasteiger partial charge in [0.15, 0.2) is 5.65 Å². The van der Waals surface area contributed by atoms with Gasteiger partial charge in [-0.05, 0) is 32.5 Å². The van der Waals surface area contributed by atoms with Gasteiger partial charge >= 0.3 is 0 Å². The number of aromatic nitrogens is 3. The average molecular weight is 261 g/mol. The number of rotatable bonds is 3. The highest BCUT2D eigenvalue weighted by Crippen LogP contribution is 2.23. The fourth-order valence-electron chi connectivity index (χ4n) is 2.72. The number of imidazole rings is 1. The number of nitrogens with zero attached hydrogens (tertiary/aromatic N) is 4. The van der Waals surface area contributed by atoms with Gasteiger partial charge in [-0.15, -0.1) is 0 Å². The molecule has 0 spiro atoms. The maximum Gasteiger partial charge on any atom is 0.215 e. The minimum atomic E-state index is 0.507. The van der Waals surface area contributed by atoms with E-state index in [1.807, 2.05) is 10.6 Å². The van der Waals surface area contributed by atoms with Crippen molar-refractivity contribution in [1.82, 2.24) is 19.4 Å². The highest BCUT2D eigenvalue weighted by molar-refractivity contribution is 5.74. The zero-order chi connectivity index (χ0) is 13.4. The molecule has 3 heterocycles. The van der Waals surface area contributed by atoms with Crippen molar-refractivity contribution in [3.05, 3.63) is 12.1 Å². The first-order valence-corrected chi connectivity index (χ1v) is 6.56. The van der Waals surface area contributed by atoms with Gasteiger partial charge in [-0.25, -0.2) is 4.98 Å². The number of methoxy groups -OCH3 is 1. The van der Waals surface area contributed by atoms with Crippen LogP contribution >= 0.6 is 0 Å². The summed E-state index contributed by atoms with van der Waals surface area (Å²) >= 11 is 0. The molecule has 0 bridgehead atoms. The van der Waals surface area contributed by atoms with Crippen LogP contribution in [0.4, 0.5) is 5.95 Å². The molecule has 0 amide bonds. The Labute approximate surface area is 112 Å². The molecule has 2 aromatic heterocycles. The summed E-state index contributed by atoms with van der Waals surface area (Å²) in [5.41, 5.74) is 7.64. The molecule has 102 valence electrons. The van der Waals surface area contributed by atoms with Crippen LogP contribution in [0.15, 0.2) is 12.1 Å². The molecular weight excluding hydrogens is 242 g/mol. The summed E-state index contributed by atoms with van der Waals surface area (Å²) in [5, 5.41) is 0. The number of nitrogens with two attached hydrogens (primary N) is 1. The van der Waals surface area contributed by atoms with Gasteiger partial charge in [0, 0.05) is 18.7 Å². The van der Waals surface area contributed by atoms with Gasteiger partial charge in [0.1, 0.15) is 5.52 Å². The molecule has 0 aromatic carbocycles. The van der Waals surface area contributed by atoms with Gasteiger partial charge < -0.3 is 15.4 Å². The molecule has 2 aromatic rings. The number of likely N-dealkylation sites (N-methyl/N-ethyl adjacent to an activating group) is 1. The molecule has 1 atom stereocenters. The third kappa shape index (κ3) is 2.12. The Balaban J connectivity index is 1.99. The first kappa shape index (κ1) is 12.2. The minimum Gasteiger partial charge on any atom is -0.481 e. The van der Waals surface area contributed by atoms with E-state index in [1.54, 1.807) is 13.2 Å². The van der Waals surface area contributed by atoms with Gasteiger partial charge in [-0.2, -0.15) is 4.98 Å². The van der Waals surface area contributed by atoms with Crippen molar-refractivity contribution in [1.29, 1.82) is 0 Å². The maximum absolute atomic E-state index is 6.02. The fraction of sp³-hybridized carbons (Fsp3) is 0.538. The largest absolute Gasteiger partial charge is 0.481 e. The van der Waals surface area contributed by atoms with E-state index in [0.717, 1.165) is 24.3 Å². The van der Waals surface area contributed by atoms with Gasteiger partial charge in [-0.3, -0.25) is 4.57 Å². The fourth-order valence-corrected chi connectivity index (χ4v) is 2.72. The van der Waals surface area contributed by atoms with Crippen LogP contribution in [0, 0.1) is 0 Å². The van der Waals surface area contributed by atoms with E-state index in [1.165, 1.54) is 12.8 Å². The topological polar surface area (TPSA) is 69.2 Å². The lowest BCUT2D eigenvalue weighted by Gasteiger charge is -2.20. The highest BCUT2D eigenvalue weighted by atomic mass is 16.5. The van der Waals surface area contributed by atoms with Crippen LogP contribution in [0.25, 0.3) is 11.2 Å². The molecule has 1 saturated heterocycles.